The van der Waals surface area contributed by atoms with E-state index < -0.39 is 11.8 Å². The average molecular weight is 300 g/mol. The summed E-state index contributed by atoms with van der Waals surface area (Å²) in [6, 6.07) is 15.1. The van der Waals surface area contributed by atoms with Gasteiger partial charge in [0.25, 0.3) is 0 Å². The fourth-order valence-electron chi connectivity index (χ4n) is 2.02. The summed E-state index contributed by atoms with van der Waals surface area (Å²) in [6.07, 6.45) is 0. The zero-order valence-corrected chi connectivity index (χ0v) is 12.5. The molecule has 2 aromatic rings. The van der Waals surface area contributed by atoms with Crippen molar-refractivity contribution in [2.45, 2.75) is 6.92 Å². The van der Waals surface area contributed by atoms with E-state index in [1.54, 1.807) is 61.5 Å². The molecule has 0 atom stereocenters. The molecule has 0 saturated heterocycles. The van der Waals surface area contributed by atoms with Gasteiger partial charge < -0.3 is 9.47 Å². The van der Waals surface area contributed by atoms with E-state index in [4.69, 9.17) is 9.47 Å². The van der Waals surface area contributed by atoms with Crippen molar-refractivity contribution in [2.24, 2.45) is 0 Å². The van der Waals surface area contributed by atoms with Crippen LogP contribution >= 0.6 is 0 Å². The summed E-state index contributed by atoms with van der Waals surface area (Å²) in [5.41, 5.74) is 0.703. The van der Waals surface area contributed by atoms with Gasteiger partial charge in [-0.25, -0.2) is 9.18 Å². The van der Waals surface area contributed by atoms with E-state index in [-0.39, 0.29) is 12.2 Å². The molecule has 0 amide bonds. The van der Waals surface area contributed by atoms with E-state index in [1.165, 1.54) is 7.11 Å². The molecule has 2 rings (SSSR count). The minimum atomic E-state index is -0.679. The van der Waals surface area contributed by atoms with Crippen molar-refractivity contribution in [3.63, 3.8) is 0 Å². The number of halogens is 1. The third-order valence-electron chi connectivity index (χ3n) is 3.10. The molecule has 0 fully saturated rings. The monoisotopic (exact) mass is 300 g/mol. The van der Waals surface area contributed by atoms with E-state index in [0.717, 1.165) is 0 Å². The summed E-state index contributed by atoms with van der Waals surface area (Å²) in [4.78, 5) is 12.1. The Labute approximate surface area is 129 Å². The lowest BCUT2D eigenvalue weighted by atomic mass is 10.0. The quantitative estimate of drug-likeness (QED) is 0.474. The molecular weight excluding hydrogens is 283 g/mol. The molecule has 0 aliphatic carbocycles. The highest BCUT2D eigenvalue weighted by Gasteiger charge is 2.20. The highest BCUT2D eigenvalue weighted by Crippen LogP contribution is 2.29. The molecule has 0 N–H and O–H groups in total. The Bertz CT molecular complexity index is 660. The van der Waals surface area contributed by atoms with E-state index in [9.17, 15) is 9.18 Å². The molecule has 4 heteroatoms. The molecule has 0 unspecified atom stereocenters. The van der Waals surface area contributed by atoms with Crippen molar-refractivity contribution < 1.29 is 18.7 Å². The summed E-state index contributed by atoms with van der Waals surface area (Å²) in [6.45, 7) is 1.87. The Morgan fingerprint density at radius 2 is 1.64 bits per heavy atom. The maximum absolute atomic E-state index is 14.8. The highest BCUT2D eigenvalue weighted by atomic mass is 19.1. The molecule has 0 aliphatic heterocycles. The molecule has 0 aliphatic rings. The van der Waals surface area contributed by atoms with Crippen LogP contribution in [-0.4, -0.2) is 19.7 Å². The van der Waals surface area contributed by atoms with Crippen molar-refractivity contribution in [1.29, 1.82) is 0 Å². The van der Waals surface area contributed by atoms with Gasteiger partial charge in [0.15, 0.2) is 0 Å². The predicted molar refractivity (Wildman–Crippen MR) is 84.0 cm³/mol. The Morgan fingerprint density at radius 1 is 1.00 bits per heavy atom. The van der Waals surface area contributed by atoms with Gasteiger partial charge in [-0.1, -0.05) is 30.3 Å². The first kappa shape index (κ1) is 15.8. The number of carbonyl (C=O) groups excluding carboxylic acids is 1. The lowest BCUT2D eigenvalue weighted by Gasteiger charge is -2.10. The zero-order valence-electron chi connectivity index (χ0n) is 12.5. The van der Waals surface area contributed by atoms with Crippen LogP contribution in [0.15, 0.2) is 54.6 Å². The predicted octanol–water partition coefficient (Wildman–Crippen LogP) is 4.10. The van der Waals surface area contributed by atoms with Crippen LogP contribution in [0.2, 0.25) is 0 Å². The van der Waals surface area contributed by atoms with Gasteiger partial charge in [-0.2, -0.15) is 0 Å². The van der Waals surface area contributed by atoms with Gasteiger partial charge in [-0.3, -0.25) is 0 Å². The number of benzene rings is 2. The van der Waals surface area contributed by atoms with Gasteiger partial charge in [-0.05, 0) is 36.8 Å². The van der Waals surface area contributed by atoms with Gasteiger partial charge in [0.1, 0.15) is 17.1 Å². The number of carbonyl (C=O) groups is 1. The molecule has 22 heavy (non-hydrogen) atoms. The fourth-order valence-corrected chi connectivity index (χ4v) is 2.02. The van der Waals surface area contributed by atoms with Gasteiger partial charge in [0.05, 0.1) is 13.7 Å². The molecule has 114 valence electrons. The lowest BCUT2D eigenvalue weighted by molar-refractivity contribution is -0.136. The van der Waals surface area contributed by atoms with Crippen LogP contribution in [0.3, 0.4) is 0 Å². The molecule has 0 saturated carbocycles. The van der Waals surface area contributed by atoms with Crippen LogP contribution in [0.4, 0.5) is 4.39 Å². The number of esters is 1. The zero-order chi connectivity index (χ0) is 15.9. The van der Waals surface area contributed by atoms with Gasteiger partial charge in [0, 0.05) is 5.56 Å². The summed E-state index contributed by atoms with van der Waals surface area (Å²) in [5, 5.41) is 0. The Hall–Kier alpha value is -2.62. The van der Waals surface area contributed by atoms with E-state index >= 15 is 0 Å². The molecule has 2 aromatic carbocycles. The SMILES string of the molecule is CCOC(=O)/C(=C(/F)c1ccc(OC)cc1)c1ccccc1. The van der Waals surface area contributed by atoms with Crippen LogP contribution < -0.4 is 4.74 Å². The number of methoxy groups -OCH3 is 1. The Kier molecular flexibility index (Phi) is 5.31. The van der Waals surface area contributed by atoms with Gasteiger partial charge >= 0.3 is 5.97 Å². The summed E-state index contributed by atoms with van der Waals surface area (Å²) < 4.78 is 24.9. The second-order valence-electron chi connectivity index (χ2n) is 4.50. The third-order valence-corrected chi connectivity index (χ3v) is 3.10. The molecule has 0 spiro atoms. The standard InChI is InChI=1S/C18H17FO3/c1-3-22-18(20)16(13-7-5-4-6-8-13)17(19)14-9-11-15(21-2)12-10-14/h4-12H,3H2,1-2H3/b17-16+. The van der Waals surface area contributed by atoms with E-state index in [0.29, 0.717) is 16.9 Å². The summed E-state index contributed by atoms with van der Waals surface area (Å²) in [7, 11) is 1.54. The first-order valence-electron chi connectivity index (χ1n) is 6.94. The summed E-state index contributed by atoms with van der Waals surface area (Å²) in [5.74, 6) is -0.678. The van der Waals surface area contributed by atoms with Crippen molar-refractivity contribution in [1.82, 2.24) is 0 Å². The second-order valence-corrected chi connectivity index (χ2v) is 4.50. The average Bonchev–Trinajstić information content (AvgIpc) is 2.56. The molecule has 0 heterocycles. The Morgan fingerprint density at radius 3 is 2.18 bits per heavy atom. The van der Waals surface area contributed by atoms with Crippen molar-refractivity contribution in [3.05, 3.63) is 65.7 Å². The van der Waals surface area contributed by atoms with Gasteiger partial charge in [-0.15, -0.1) is 0 Å². The van der Waals surface area contributed by atoms with Crippen LogP contribution in [0.25, 0.3) is 11.4 Å². The minimum absolute atomic E-state index is 0.0763. The second kappa shape index (κ2) is 7.41. The van der Waals surface area contributed by atoms with E-state index in [2.05, 4.69) is 0 Å². The fraction of sp³-hybridized carbons (Fsp3) is 0.167. The normalized spacial score (nSPS) is 11.6. The highest BCUT2D eigenvalue weighted by molar-refractivity contribution is 6.23. The molecule has 0 aromatic heterocycles. The van der Waals surface area contributed by atoms with Crippen LogP contribution in [0, 0.1) is 0 Å². The van der Waals surface area contributed by atoms with Crippen molar-refractivity contribution in [3.8, 4) is 5.75 Å². The maximum Gasteiger partial charge on any atom is 0.341 e. The lowest BCUT2D eigenvalue weighted by Crippen LogP contribution is -2.08. The topological polar surface area (TPSA) is 35.5 Å². The number of ether oxygens (including phenoxy) is 2. The Balaban J connectivity index is 2.51. The van der Waals surface area contributed by atoms with Crippen LogP contribution in [0.5, 0.6) is 5.75 Å². The first-order valence-corrected chi connectivity index (χ1v) is 6.94. The molecule has 0 bridgehead atoms. The number of rotatable bonds is 5. The maximum atomic E-state index is 14.8. The minimum Gasteiger partial charge on any atom is -0.497 e. The first-order chi connectivity index (χ1) is 10.7. The van der Waals surface area contributed by atoms with Crippen LogP contribution in [-0.2, 0) is 9.53 Å². The molecule has 0 radical (unpaired) electrons. The molecular formula is C18H17FO3. The third kappa shape index (κ3) is 3.52. The van der Waals surface area contributed by atoms with Crippen molar-refractivity contribution >= 4 is 17.4 Å². The van der Waals surface area contributed by atoms with Crippen molar-refractivity contribution in [2.75, 3.05) is 13.7 Å². The van der Waals surface area contributed by atoms with Crippen LogP contribution in [0.1, 0.15) is 18.1 Å². The van der Waals surface area contributed by atoms with Gasteiger partial charge in [0.2, 0.25) is 0 Å². The number of hydrogen-bond acceptors (Lipinski definition) is 3. The van der Waals surface area contributed by atoms with E-state index in [1.807, 2.05) is 0 Å². The molecule has 3 nitrogen and oxygen atoms in total. The largest absolute Gasteiger partial charge is 0.497 e. The number of hydrogen-bond donors (Lipinski definition) is 0. The smallest absolute Gasteiger partial charge is 0.341 e. The summed E-state index contributed by atoms with van der Waals surface area (Å²) >= 11 is 0.